The van der Waals surface area contributed by atoms with Gasteiger partial charge in [-0.25, -0.2) is 4.79 Å². The third-order valence-electron chi connectivity index (χ3n) is 5.82. The van der Waals surface area contributed by atoms with Crippen LogP contribution in [0, 0.1) is 5.92 Å². The lowest BCUT2D eigenvalue weighted by molar-refractivity contribution is 0.262. The molecule has 6 heteroatoms. The molecule has 1 aromatic heterocycles. The molecule has 1 aliphatic rings. The first-order chi connectivity index (χ1) is 15.1. The summed E-state index contributed by atoms with van der Waals surface area (Å²) in [7, 11) is 0. The molecule has 4 rings (SSSR count). The van der Waals surface area contributed by atoms with Gasteiger partial charge < -0.3 is 15.5 Å². The number of benzene rings is 2. The van der Waals surface area contributed by atoms with Gasteiger partial charge in [-0.2, -0.15) is 0 Å². The number of anilines is 3. The van der Waals surface area contributed by atoms with Crippen molar-refractivity contribution in [2.75, 3.05) is 28.6 Å². The van der Waals surface area contributed by atoms with Gasteiger partial charge in [0.1, 0.15) is 0 Å². The zero-order valence-corrected chi connectivity index (χ0v) is 18.1. The van der Waals surface area contributed by atoms with Gasteiger partial charge in [-0.3, -0.25) is 0 Å². The average Bonchev–Trinajstić information content (AvgIpc) is 2.81. The van der Waals surface area contributed by atoms with Gasteiger partial charge >= 0.3 is 6.03 Å². The standard InChI is InChI=1S/C25H29N5O/c1-3-19-4-8-21(9-5-19)26-25(31)27-22-10-6-20(7-11-22)23-12-13-24(29-28-23)30-16-14-18(2)15-17-30/h4-13,18H,3,14-17H2,1-2H3,(H2,26,27,31). The molecule has 0 aliphatic carbocycles. The maximum Gasteiger partial charge on any atom is 0.323 e. The number of hydrogen-bond acceptors (Lipinski definition) is 4. The molecule has 2 aromatic carbocycles. The first-order valence-electron chi connectivity index (χ1n) is 11.0. The minimum Gasteiger partial charge on any atom is -0.355 e. The predicted octanol–water partition coefficient (Wildman–Crippen LogP) is 5.59. The first kappa shape index (κ1) is 20.8. The molecule has 2 N–H and O–H groups in total. The predicted molar refractivity (Wildman–Crippen MR) is 127 cm³/mol. The third-order valence-corrected chi connectivity index (χ3v) is 5.82. The van der Waals surface area contributed by atoms with E-state index in [4.69, 9.17) is 0 Å². The second-order valence-corrected chi connectivity index (χ2v) is 8.15. The summed E-state index contributed by atoms with van der Waals surface area (Å²) < 4.78 is 0. The monoisotopic (exact) mass is 415 g/mol. The second kappa shape index (κ2) is 9.60. The van der Waals surface area contributed by atoms with Crippen molar-refractivity contribution < 1.29 is 4.79 Å². The van der Waals surface area contributed by atoms with Gasteiger partial charge in [-0.05, 0) is 67.1 Å². The van der Waals surface area contributed by atoms with Crippen molar-refractivity contribution in [2.24, 2.45) is 5.92 Å². The highest BCUT2D eigenvalue weighted by molar-refractivity contribution is 5.99. The number of aromatic nitrogens is 2. The van der Waals surface area contributed by atoms with Crippen molar-refractivity contribution in [3.8, 4) is 11.3 Å². The van der Waals surface area contributed by atoms with Crippen molar-refractivity contribution in [1.82, 2.24) is 10.2 Å². The number of piperidine rings is 1. The van der Waals surface area contributed by atoms with Crippen LogP contribution in [0.2, 0.25) is 0 Å². The number of carbonyl (C=O) groups is 1. The molecule has 0 bridgehead atoms. The summed E-state index contributed by atoms with van der Waals surface area (Å²) in [4.78, 5) is 14.6. The fourth-order valence-corrected chi connectivity index (χ4v) is 3.73. The van der Waals surface area contributed by atoms with Crippen molar-refractivity contribution in [3.63, 3.8) is 0 Å². The van der Waals surface area contributed by atoms with Crippen LogP contribution in [0.3, 0.4) is 0 Å². The lowest BCUT2D eigenvalue weighted by Crippen LogP contribution is -2.33. The fourth-order valence-electron chi connectivity index (χ4n) is 3.73. The highest BCUT2D eigenvalue weighted by Crippen LogP contribution is 2.24. The summed E-state index contributed by atoms with van der Waals surface area (Å²) in [5.74, 6) is 1.73. The van der Waals surface area contributed by atoms with E-state index in [1.165, 1.54) is 18.4 Å². The number of hydrogen-bond donors (Lipinski definition) is 2. The van der Waals surface area contributed by atoms with E-state index in [9.17, 15) is 4.79 Å². The van der Waals surface area contributed by atoms with E-state index in [2.05, 4.69) is 39.6 Å². The Morgan fingerprint density at radius 2 is 1.52 bits per heavy atom. The maximum absolute atomic E-state index is 12.3. The molecule has 1 fully saturated rings. The number of nitrogens with one attached hydrogen (secondary N) is 2. The lowest BCUT2D eigenvalue weighted by Gasteiger charge is -2.30. The van der Waals surface area contributed by atoms with Gasteiger partial charge in [-0.1, -0.05) is 38.1 Å². The molecule has 3 aromatic rings. The van der Waals surface area contributed by atoms with Gasteiger partial charge in [-0.15, -0.1) is 10.2 Å². The van der Waals surface area contributed by atoms with Crippen molar-refractivity contribution in [1.29, 1.82) is 0 Å². The van der Waals surface area contributed by atoms with E-state index in [0.29, 0.717) is 0 Å². The Hall–Kier alpha value is -3.41. The fraction of sp³-hybridized carbons (Fsp3) is 0.320. The molecular weight excluding hydrogens is 386 g/mol. The Morgan fingerprint density at radius 1 is 0.903 bits per heavy atom. The van der Waals surface area contributed by atoms with Crippen molar-refractivity contribution in [2.45, 2.75) is 33.1 Å². The molecule has 0 radical (unpaired) electrons. The minimum absolute atomic E-state index is 0.267. The molecule has 160 valence electrons. The zero-order valence-electron chi connectivity index (χ0n) is 18.1. The van der Waals surface area contributed by atoms with Gasteiger partial charge in [0.15, 0.2) is 5.82 Å². The van der Waals surface area contributed by atoms with Crippen LogP contribution < -0.4 is 15.5 Å². The van der Waals surface area contributed by atoms with Crippen LogP contribution in [0.5, 0.6) is 0 Å². The highest BCUT2D eigenvalue weighted by atomic mass is 16.2. The number of rotatable bonds is 5. The number of carbonyl (C=O) groups excluding carboxylic acids is 1. The largest absolute Gasteiger partial charge is 0.355 e. The smallest absolute Gasteiger partial charge is 0.323 e. The molecule has 0 atom stereocenters. The molecule has 0 unspecified atom stereocenters. The van der Waals surface area contributed by atoms with Crippen molar-refractivity contribution >= 4 is 23.2 Å². The normalized spacial score (nSPS) is 14.3. The number of amides is 2. The molecule has 1 aliphatic heterocycles. The molecule has 0 spiro atoms. The summed E-state index contributed by atoms with van der Waals surface area (Å²) in [5.41, 5.74) is 4.51. The summed E-state index contributed by atoms with van der Waals surface area (Å²) >= 11 is 0. The van der Waals surface area contributed by atoms with Crippen LogP contribution in [0.15, 0.2) is 60.7 Å². The minimum atomic E-state index is -0.267. The van der Waals surface area contributed by atoms with E-state index < -0.39 is 0 Å². The maximum atomic E-state index is 12.3. The first-order valence-corrected chi connectivity index (χ1v) is 11.0. The van der Waals surface area contributed by atoms with Crippen LogP contribution in [0.25, 0.3) is 11.3 Å². The quantitative estimate of drug-likeness (QED) is 0.570. The van der Waals surface area contributed by atoms with Gasteiger partial charge in [0.25, 0.3) is 0 Å². The Bertz CT molecular complexity index is 992. The molecule has 2 amide bonds. The van der Waals surface area contributed by atoms with E-state index in [0.717, 1.165) is 53.9 Å². The Kier molecular flexibility index (Phi) is 6.46. The van der Waals surface area contributed by atoms with Gasteiger partial charge in [0.2, 0.25) is 0 Å². The third kappa shape index (κ3) is 5.40. The molecule has 0 saturated carbocycles. The highest BCUT2D eigenvalue weighted by Gasteiger charge is 2.17. The SMILES string of the molecule is CCc1ccc(NC(=O)Nc2ccc(-c3ccc(N4CCC(C)CC4)nn3)cc2)cc1. The summed E-state index contributed by atoms with van der Waals surface area (Å²) in [6.45, 7) is 6.49. The Labute approximate surface area is 183 Å². The molecule has 1 saturated heterocycles. The van der Waals surface area contributed by atoms with E-state index in [1.54, 1.807) is 0 Å². The summed E-state index contributed by atoms with van der Waals surface area (Å²) in [6.07, 6.45) is 3.38. The Morgan fingerprint density at radius 3 is 2.06 bits per heavy atom. The summed E-state index contributed by atoms with van der Waals surface area (Å²) in [5, 5.41) is 14.6. The van der Waals surface area contributed by atoms with Crippen LogP contribution in [0.4, 0.5) is 22.0 Å². The van der Waals surface area contributed by atoms with Gasteiger partial charge in [0, 0.05) is 30.0 Å². The lowest BCUT2D eigenvalue weighted by atomic mass is 9.99. The molecule has 2 heterocycles. The van der Waals surface area contributed by atoms with Crippen LogP contribution in [0.1, 0.15) is 32.3 Å². The second-order valence-electron chi connectivity index (χ2n) is 8.15. The molecular formula is C25H29N5O. The molecule has 6 nitrogen and oxygen atoms in total. The van der Waals surface area contributed by atoms with E-state index in [1.807, 2.05) is 60.7 Å². The summed E-state index contributed by atoms with van der Waals surface area (Å²) in [6, 6.07) is 19.3. The van der Waals surface area contributed by atoms with Crippen LogP contribution in [-0.4, -0.2) is 29.3 Å². The topological polar surface area (TPSA) is 70.2 Å². The Balaban J connectivity index is 1.34. The van der Waals surface area contributed by atoms with Crippen LogP contribution >= 0.6 is 0 Å². The van der Waals surface area contributed by atoms with Crippen molar-refractivity contribution in [3.05, 3.63) is 66.2 Å². The van der Waals surface area contributed by atoms with E-state index >= 15 is 0 Å². The van der Waals surface area contributed by atoms with Gasteiger partial charge in [0.05, 0.1) is 5.69 Å². The average molecular weight is 416 g/mol. The van der Waals surface area contributed by atoms with Crippen LogP contribution in [-0.2, 0) is 6.42 Å². The number of nitrogens with zero attached hydrogens (tertiary/aromatic N) is 3. The zero-order chi connectivity index (χ0) is 21.6. The number of aryl methyl sites for hydroxylation is 1. The molecule has 31 heavy (non-hydrogen) atoms. The number of urea groups is 1. The van der Waals surface area contributed by atoms with E-state index in [-0.39, 0.29) is 6.03 Å².